The second-order valence-electron chi connectivity index (χ2n) is 6.05. The Morgan fingerprint density at radius 1 is 1.17 bits per heavy atom. The first-order chi connectivity index (χ1) is 11.3. The van der Waals surface area contributed by atoms with E-state index in [-0.39, 0.29) is 0 Å². The van der Waals surface area contributed by atoms with Crippen LogP contribution in [0.25, 0.3) is 11.6 Å². The minimum absolute atomic E-state index is 0.640. The van der Waals surface area contributed by atoms with Crippen LogP contribution in [0.5, 0.6) is 0 Å². The Bertz CT molecular complexity index is 715. The standard InChI is InChI=1S/C20H21N3/c1-15-2-3-16(14-23-15)12-20(13-21)18-6-4-17(5-7-18)19-8-10-22-11-9-19/h2-7,12,14,19,22H,8-11H2,1H3/b20-12+. The number of nitrogens with one attached hydrogen (secondary N) is 1. The maximum atomic E-state index is 9.47. The lowest BCUT2D eigenvalue weighted by molar-refractivity contribution is 0.460. The number of piperidine rings is 1. The Kier molecular flexibility index (Phi) is 4.85. The third-order valence-corrected chi connectivity index (χ3v) is 4.40. The minimum atomic E-state index is 0.640. The van der Waals surface area contributed by atoms with Gasteiger partial charge in [-0.15, -0.1) is 0 Å². The van der Waals surface area contributed by atoms with Gasteiger partial charge in [0.05, 0.1) is 11.6 Å². The largest absolute Gasteiger partial charge is 0.317 e. The van der Waals surface area contributed by atoms with Crippen molar-refractivity contribution >= 4 is 11.6 Å². The second-order valence-corrected chi connectivity index (χ2v) is 6.05. The number of pyridine rings is 1. The number of hydrogen-bond acceptors (Lipinski definition) is 3. The summed E-state index contributed by atoms with van der Waals surface area (Å²) in [6.07, 6.45) is 6.08. The van der Waals surface area contributed by atoms with E-state index in [0.717, 1.165) is 29.9 Å². The molecule has 3 rings (SSSR count). The van der Waals surface area contributed by atoms with Crippen molar-refractivity contribution in [3.8, 4) is 6.07 Å². The lowest BCUT2D eigenvalue weighted by Crippen LogP contribution is -2.26. The molecule has 0 amide bonds. The van der Waals surface area contributed by atoms with E-state index in [9.17, 15) is 5.26 Å². The molecule has 2 heterocycles. The second kappa shape index (κ2) is 7.21. The van der Waals surface area contributed by atoms with Crippen LogP contribution in [0.15, 0.2) is 42.6 Å². The Hall–Kier alpha value is -2.44. The van der Waals surface area contributed by atoms with Gasteiger partial charge in [-0.2, -0.15) is 5.26 Å². The third-order valence-electron chi connectivity index (χ3n) is 4.40. The summed E-state index contributed by atoms with van der Waals surface area (Å²) < 4.78 is 0. The van der Waals surface area contributed by atoms with Gasteiger partial charge in [0.1, 0.15) is 0 Å². The van der Waals surface area contributed by atoms with Crippen LogP contribution in [0, 0.1) is 18.3 Å². The molecule has 0 aliphatic carbocycles. The van der Waals surface area contributed by atoms with E-state index in [0.29, 0.717) is 11.5 Å². The monoisotopic (exact) mass is 303 g/mol. The van der Waals surface area contributed by atoms with Gasteiger partial charge in [0.25, 0.3) is 0 Å². The molecule has 0 atom stereocenters. The predicted molar refractivity (Wildman–Crippen MR) is 93.7 cm³/mol. The fourth-order valence-corrected chi connectivity index (χ4v) is 3.00. The molecule has 0 saturated carbocycles. The summed E-state index contributed by atoms with van der Waals surface area (Å²) in [5, 5.41) is 12.9. The zero-order chi connectivity index (χ0) is 16.1. The van der Waals surface area contributed by atoms with Crippen LogP contribution >= 0.6 is 0 Å². The number of allylic oxidation sites excluding steroid dienone is 1. The summed E-state index contributed by atoms with van der Waals surface area (Å²) in [7, 11) is 0. The van der Waals surface area contributed by atoms with E-state index in [1.54, 1.807) is 6.20 Å². The molecule has 2 aromatic rings. The van der Waals surface area contributed by atoms with Crippen molar-refractivity contribution in [2.45, 2.75) is 25.7 Å². The van der Waals surface area contributed by atoms with E-state index in [4.69, 9.17) is 0 Å². The van der Waals surface area contributed by atoms with E-state index in [1.807, 2.05) is 25.1 Å². The van der Waals surface area contributed by atoms with Crippen molar-refractivity contribution in [1.29, 1.82) is 5.26 Å². The Labute approximate surface area is 137 Å². The van der Waals surface area contributed by atoms with Gasteiger partial charge in [-0.05, 0) is 67.6 Å². The zero-order valence-electron chi connectivity index (χ0n) is 13.4. The van der Waals surface area contributed by atoms with Crippen molar-refractivity contribution in [2.24, 2.45) is 0 Å². The number of rotatable bonds is 3. The first kappa shape index (κ1) is 15.5. The topological polar surface area (TPSA) is 48.7 Å². The first-order valence-corrected chi connectivity index (χ1v) is 8.12. The van der Waals surface area contributed by atoms with E-state index in [2.05, 4.69) is 40.6 Å². The molecule has 1 aliphatic heterocycles. The van der Waals surface area contributed by atoms with Gasteiger partial charge in [0, 0.05) is 11.9 Å². The maximum absolute atomic E-state index is 9.47. The normalized spacial score (nSPS) is 16.1. The summed E-state index contributed by atoms with van der Waals surface area (Å²) in [5.74, 6) is 0.640. The van der Waals surface area contributed by atoms with Crippen LogP contribution < -0.4 is 5.32 Å². The summed E-state index contributed by atoms with van der Waals surface area (Å²) in [6, 6.07) is 14.7. The van der Waals surface area contributed by atoms with Gasteiger partial charge < -0.3 is 5.32 Å². The molecule has 23 heavy (non-hydrogen) atoms. The average molecular weight is 303 g/mol. The number of hydrogen-bond donors (Lipinski definition) is 1. The minimum Gasteiger partial charge on any atom is -0.317 e. The molecule has 1 fully saturated rings. The van der Waals surface area contributed by atoms with Crippen molar-refractivity contribution in [2.75, 3.05) is 13.1 Å². The molecule has 1 aromatic heterocycles. The Morgan fingerprint density at radius 2 is 1.91 bits per heavy atom. The molecule has 0 bridgehead atoms. The van der Waals surface area contributed by atoms with E-state index < -0.39 is 0 Å². The average Bonchev–Trinajstić information content (AvgIpc) is 2.62. The fourth-order valence-electron chi connectivity index (χ4n) is 3.00. The van der Waals surface area contributed by atoms with Crippen molar-refractivity contribution in [1.82, 2.24) is 10.3 Å². The highest BCUT2D eigenvalue weighted by Gasteiger charge is 2.15. The highest BCUT2D eigenvalue weighted by atomic mass is 14.9. The SMILES string of the molecule is Cc1ccc(/C=C(\C#N)c2ccc(C3CCNCC3)cc2)cn1. The molecule has 1 N–H and O–H groups in total. The molecule has 1 aromatic carbocycles. The number of nitrogens with zero attached hydrogens (tertiary/aromatic N) is 2. The smallest absolute Gasteiger partial charge is 0.0998 e. The molecule has 3 heteroatoms. The lowest BCUT2D eigenvalue weighted by Gasteiger charge is -2.23. The number of aromatic nitrogens is 1. The molecular weight excluding hydrogens is 282 g/mol. The van der Waals surface area contributed by atoms with Gasteiger partial charge in [-0.3, -0.25) is 4.98 Å². The molecule has 0 radical (unpaired) electrons. The van der Waals surface area contributed by atoms with Crippen LogP contribution in [-0.4, -0.2) is 18.1 Å². The molecule has 1 saturated heterocycles. The van der Waals surface area contributed by atoms with Crippen molar-refractivity contribution < 1.29 is 0 Å². The maximum Gasteiger partial charge on any atom is 0.0998 e. The first-order valence-electron chi connectivity index (χ1n) is 8.12. The third kappa shape index (κ3) is 3.85. The number of aryl methyl sites for hydroxylation is 1. The predicted octanol–water partition coefficient (Wildman–Crippen LogP) is 3.92. The summed E-state index contributed by atoms with van der Waals surface area (Å²) in [6.45, 7) is 4.14. The van der Waals surface area contributed by atoms with Crippen LogP contribution in [0.2, 0.25) is 0 Å². The Morgan fingerprint density at radius 3 is 2.52 bits per heavy atom. The van der Waals surface area contributed by atoms with Crippen molar-refractivity contribution in [3.63, 3.8) is 0 Å². The van der Waals surface area contributed by atoms with Crippen LogP contribution in [0.1, 0.15) is 41.1 Å². The van der Waals surface area contributed by atoms with Gasteiger partial charge >= 0.3 is 0 Å². The van der Waals surface area contributed by atoms with Gasteiger partial charge in [-0.1, -0.05) is 30.3 Å². The summed E-state index contributed by atoms with van der Waals surface area (Å²) >= 11 is 0. The summed E-state index contributed by atoms with van der Waals surface area (Å²) in [4.78, 5) is 4.28. The molecule has 0 spiro atoms. The van der Waals surface area contributed by atoms with Gasteiger partial charge in [-0.25, -0.2) is 0 Å². The molecular formula is C20H21N3. The number of nitriles is 1. The van der Waals surface area contributed by atoms with Crippen LogP contribution in [0.4, 0.5) is 0 Å². The fraction of sp³-hybridized carbons (Fsp3) is 0.300. The van der Waals surface area contributed by atoms with E-state index in [1.165, 1.54) is 18.4 Å². The zero-order valence-corrected chi connectivity index (χ0v) is 13.4. The van der Waals surface area contributed by atoms with Gasteiger partial charge in [0.15, 0.2) is 0 Å². The highest BCUT2D eigenvalue weighted by molar-refractivity contribution is 5.89. The summed E-state index contributed by atoms with van der Waals surface area (Å²) in [5.41, 5.74) is 4.95. The molecule has 1 aliphatic rings. The van der Waals surface area contributed by atoms with Crippen LogP contribution in [-0.2, 0) is 0 Å². The Balaban J connectivity index is 1.81. The van der Waals surface area contributed by atoms with Crippen molar-refractivity contribution in [3.05, 3.63) is 65.0 Å². The number of benzene rings is 1. The molecule has 0 unspecified atom stereocenters. The van der Waals surface area contributed by atoms with E-state index >= 15 is 0 Å². The molecule has 3 nitrogen and oxygen atoms in total. The molecule has 116 valence electrons. The highest BCUT2D eigenvalue weighted by Crippen LogP contribution is 2.27. The van der Waals surface area contributed by atoms with Gasteiger partial charge in [0.2, 0.25) is 0 Å². The van der Waals surface area contributed by atoms with Crippen LogP contribution in [0.3, 0.4) is 0 Å². The quantitative estimate of drug-likeness (QED) is 0.874. The lowest BCUT2D eigenvalue weighted by atomic mass is 9.89.